The summed E-state index contributed by atoms with van der Waals surface area (Å²) in [6.45, 7) is 12.0. The van der Waals surface area contributed by atoms with Gasteiger partial charge in [-0.15, -0.1) is 5.10 Å². The zero-order valence-corrected chi connectivity index (χ0v) is 21.3. The molecule has 0 aliphatic carbocycles. The van der Waals surface area contributed by atoms with Gasteiger partial charge in [-0.1, -0.05) is 39.0 Å². The highest BCUT2D eigenvalue weighted by atomic mass is 28.4. The molecule has 34 heavy (non-hydrogen) atoms. The molecule has 3 heterocycles. The van der Waals surface area contributed by atoms with E-state index in [1.807, 2.05) is 35.0 Å². The van der Waals surface area contributed by atoms with Crippen LogP contribution in [0.3, 0.4) is 0 Å². The lowest BCUT2D eigenvalue weighted by Crippen LogP contribution is -2.40. The molecule has 0 aliphatic heterocycles. The quantitative estimate of drug-likeness (QED) is 0.276. The Bertz CT molecular complexity index is 1460. The second-order valence-corrected chi connectivity index (χ2v) is 15.0. The molecule has 0 fully saturated rings. The van der Waals surface area contributed by atoms with Crippen molar-refractivity contribution in [2.24, 2.45) is 0 Å². The zero-order valence-electron chi connectivity index (χ0n) is 20.3. The third-order valence-corrected chi connectivity index (χ3v) is 11.2. The first-order valence-corrected chi connectivity index (χ1v) is 14.4. The summed E-state index contributed by atoms with van der Waals surface area (Å²) in [5, 5.41) is 8.25. The van der Waals surface area contributed by atoms with Gasteiger partial charge >= 0.3 is 0 Å². The fourth-order valence-electron chi connectivity index (χ4n) is 3.62. The van der Waals surface area contributed by atoms with Gasteiger partial charge in [-0.25, -0.2) is 14.5 Å². The molecule has 2 N–H and O–H groups in total. The maximum Gasteiger partial charge on any atom is 0.245 e. The van der Waals surface area contributed by atoms with Crippen molar-refractivity contribution in [3.05, 3.63) is 72.7 Å². The van der Waals surface area contributed by atoms with E-state index in [1.54, 1.807) is 6.33 Å². The first-order valence-electron chi connectivity index (χ1n) is 11.5. The van der Waals surface area contributed by atoms with E-state index in [-0.39, 0.29) is 5.04 Å². The van der Waals surface area contributed by atoms with Crippen LogP contribution < -0.4 is 5.32 Å². The lowest BCUT2D eigenvalue weighted by molar-refractivity contribution is 0.276. The van der Waals surface area contributed by atoms with Crippen molar-refractivity contribution in [2.45, 2.75) is 45.5 Å². The first kappa shape index (κ1) is 22.3. The number of fused-ring (bicyclic) bond motifs is 2. The Balaban J connectivity index is 1.41. The largest absolute Gasteiger partial charge is 0.413 e. The summed E-state index contributed by atoms with van der Waals surface area (Å²) < 4.78 is 8.37. The molecule has 0 saturated heterocycles. The zero-order chi connectivity index (χ0) is 23.9. The van der Waals surface area contributed by atoms with E-state index in [2.05, 4.69) is 84.5 Å². The van der Waals surface area contributed by atoms with E-state index in [1.165, 1.54) is 0 Å². The maximum absolute atomic E-state index is 6.44. The van der Waals surface area contributed by atoms with Crippen LogP contribution in [0.5, 0.6) is 0 Å². The van der Waals surface area contributed by atoms with Crippen LogP contribution >= 0.6 is 0 Å². The second-order valence-electron chi connectivity index (χ2n) is 10.1. The smallest absolute Gasteiger partial charge is 0.245 e. The lowest BCUT2D eigenvalue weighted by atomic mass is 10.1. The molecule has 3 aromatic heterocycles. The molecular formula is C26H30N6OSi. The third-order valence-electron chi connectivity index (χ3n) is 6.70. The molecule has 0 saturated carbocycles. The number of rotatable bonds is 6. The van der Waals surface area contributed by atoms with Crippen molar-refractivity contribution >= 4 is 36.5 Å². The van der Waals surface area contributed by atoms with Crippen molar-refractivity contribution in [3.63, 3.8) is 0 Å². The van der Waals surface area contributed by atoms with Crippen LogP contribution in [0.25, 0.3) is 27.8 Å². The number of benzene rings is 2. The Morgan fingerprint density at radius 2 is 1.88 bits per heavy atom. The Hall–Kier alpha value is -3.49. The monoisotopic (exact) mass is 470 g/mol. The van der Waals surface area contributed by atoms with E-state index in [4.69, 9.17) is 9.52 Å². The summed E-state index contributed by atoms with van der Waals surface area (Å²) in [6.07, 6.45) is 3.52. The standard InChI is InChI=1S/C26H30N6OSi/c1-26(2,3)34(4,5)33-16-18-7-6-8-19(13-18)24-12-10-21-15-27-25(31-32(21)24)30-20-9-11-22-23(14-20)29-17-28-22/h6-15,17H,16H2,1-5H3,(H,28,29)(H,30,31). The molecule has 0 radical (unpaired) electrons. The Morgan fingerprint density at radius 1 is 1.03 bits per heavy atom. The number of hydrogen-bond acceptors (Lipinski definition) is 5. The molecule has 2 aromatic carbocycles. The van der Waals surface area contributed by atoms with Gasteiger partial charge in [0.25, 0.3) is 0 Å². The SMILES string of the molecule is CC(C)(C)[Si](C)(C)OCc1cccc(-c2ccc3cnc(Nc4ccc5nc[nH]c5c4)nn23)c1. The molecule has 0 unspecified atom stereocenters. The molecule has 7 nitrogen and oxygen atoms in total. The van der Waals surface area contributed by atoms with Crippen molar-refractivity contribution in [3.8, 4) is 11.3 Å². The summed E-state index contributed by atoms with van der Waals surface area (Å²) in [5.41, 5.74) is 7.00. The fraction of sp³-hybridized carbons (Fsp3) is 0.269. The van der Waals surface area contributed by atoms with Crippen molar-refractivity contribution in [1.82, 2.24) is 24.6 Å². The number of nitrogens with zero attached hydrogens (tertiary/aromatic N) is 4. The number of H-pyrrole nitrogens is 1. The predicted octanol–water partition coefficient (Wildman–Crippen LogP) is 6.54. The van der Waals surface area contributed by atoms with Crippen molar-refractivity contribution < 1.29 is 4.43 Å². The number of aromatic nitrogens is 5. The van der Waals surface area contributed by atoms with E-state index in [0.29, 0.717) is 12.6 Å². The van der Waals surface area contributed by atoms with Crippen molar-refractivity contribution in [1.29, 1.82) is 0 Å². The van der Waals surface area contributed by atoms with E-state index in [9.17, 15) is 0 Å². The van der Waals surface area contributed by atoms with Crippen LogP contribution in [0, 0.1) is 0 Å². The van der Waals surface area contributed by atoms with Gasteiger partial charge in [0, 0.05) is 11.3 Å². The van der Waals surface area contributed by atoms with Crippen LogP contribution in [0.15, 0.2) is 67.1 Å². The summed E-state index contributed by atoms with van der Waals surface area (Å²) >= 11 is 0. The topological polar surface area (TPSA) is 80.1 Å². The minimum Gasteiger partial charge on any atom is -0.413 e. The summed E-state index contributed by atoms with van der Waals surface area (Å²) in [6, 6.07) is 18.6. The van der Waals surface area contributed by atoms with Gasteiger partial charge in [0.05, 0.1) is 41.4 Å². The molecule has 0 spiro atoms. The van der Waals surface area contributed by atoms with Gasteiger partial charge < -0.3 is 14.7 Å². The number of anilines is 2. The Kier molecular flexibility index (Phi) is 5.49. The molecule has 5 aromatic rings. The maximum atomic E-state index is 6.44. The average Bonchev–Trinajstić information content (AvgIpc) is 3.43. The van der Waals surface area contributed by atoms with Gasteiger partial charge in [-0.2, -0.15) is 0 Å². The summed E-state index contributed by atoms with van der Waals surface area (Å²) in [7, 11) is -1.81. The Labute approximate surface area is 200 Å². The molecule has 0 atom stereocenters. The highest BCUT2D eigenvalue weighted by Gasteiger charge is 2.37. The Morgan fingerprint density at radius 3 is 2.71 bits per heavy atom. The molecular weight excluding hydrogens is 440 g/mol. The highest BCUT2D eigenvalue weighted by Crippen LogP contribution is 2.37. The molecule has 0 amide bonds. The second kappa shape index (κ2) is 8.38. The first-order chi connectivity index (χ1) is 16.2. The molecule has 5 rings (SSSR count). The predicted molar refractivity (Wildman–Crippen MR) is 140 cm³/mol. The normalized spacial score (nSPS) is 12.5. The van der Waals surface area contributed by atoms with Crippen molar-refractivity contribution in [2.75, 3.05) is 5.32 Å². The minimum absolute atomic E-state index is 0.185. The highest BCUT2D eigenvalue weighted by molar-refractivity contribution is 6.74. The molecule has 0 aliphatic rings. The fourth-order valence-corrected chi connectivity index (χ4v) is 4.58. The van der Waals surface area contributed by atoms with E-state index in [0.717, 1.165) is 39.1 Å². The third kappa shape index (κ3) is 4.34. The summed E-state index contributed by atoms with van der Waals surface area (Å²) in [4.78, 5) is 11.9. The van der Waals surface area contributed by atoms with Crippen LogP contribution in [-0.2, 0) is 11.0 Å². The van der Waals surface area contributed by atoms with Crippen LogP contribution in [-0.4, -0.2) is 32.9 Å². The van der Waals surface area contributed by atoms with Gasteiger partial charge in [0.15, 0.2) is 8.32 Å². The van der Waals surface area contributed by atoms with Gasteiger partial charge in [-0.05, 0) is 60.1 Å². The lowest BCUT2D eigenvalue weighted by Gasteiger charge is -2.36. The number of hydrogen-bond donors (Lipinski definition) is 2. The number of nitrogens with one attached hydrogen (secondary N) is 2. The number of aromatic amines is 1. The van der Waals surface area contributed by atoms with Crippen LogP contribution in [0.4, 0.5) is 11.6 Å². The van der Waals surface area contributed by atoms with Gasteiger partial charge in [0.1, 0.15) is 0 Å². The van der Waals surface area contributed by atoms with Gasteiger partial charge in [0.2, 0.25) is 5.95 Å². The molecule has 0 bridgehead atoms. The van der Waals surface area contributed by atoms with Gasteiger partial charge in [-0.3, -0.25) is 0 Å². The van der Waals surface area contributed by atoms with E-state index >= 15 is 0 Å². The minimum atomic E-state index is -1.81. The molecule has 174 valence electrons. The average molecular weight is 471 g/mol. The van der Waals surface area contributed by atoms with Crippen LogP contribution in [0.2, 0.25) is 18.1 Å². The molecule has 8 heteroatoms. The summed E-state index contributed by atoms with van der Waals surface area (Å²) in [5.74, 6) is 0.529. The van der Waals surface area contributed by atoms with Crippen LogP contribution in [0.1, 0.15) is 26.3 Å². The number of imidazole rings is 1. The van der Waals surface area contributed by atoms with E-state index < -0.39 is 8.32 Å².